The molecule has 0 fully saturated rings. The molecular formula is C6H6Cl2O4. The second-order valence-electron chi connectivity index (χ2n) is 1.35. The lowest BCUT2D eigenvalue weighted by Gasteiger charge is -1.74. The molecule has 0 rings (SSSR count). The molecule has 0 amide bonds. The van der Waals surface area contributed by atoms with Crippen LogP contribution < -0.4 is 0 Å². The highest BCUT2D eigenvalue weighted by atomic mass is 35.5. The van der Waals surface area contributed by atoms with Crippen LogP contribution in [0.2, 0.25) is 0 Å². The fraction of sp³-hybridized carbons (Fsp3) is 0. The number of carbonyl (C=O) groups is 2. The Morgan fingerprint density at radius 3 is 1.33 bits per heavy atom. The van der Waals surface area contributed by atoms with Gasteiger partial charge in [-0.25, -0.2) is 9.59 Å². The van der Waals surface area contributed by atoms with Gasteiger partial charge in [0.2, 0.25) is 0 Å². The number of halogens is 2. The van der Waals surface area contributed by atoms with E-state index in [4.69, 9.17) is 33.4 Å². The van der Waals surface area contributed by atoms with Gasteiger partial charge < -0.3 is 10.2 Å². The van der Waals surface area contributed by atoms with Crippen LogP contribution >= 0.6 is 23.2 Å². The van der Waals surface area contributed by atoms with E-state index in [0.29, 0.717) is 12.2 Å². The smallest absolute Gasteiger partial charge is 0.328 e. The number of carboxylic acids is 2. The van der Waals surface area contributed by atoms with Crippen molar-refractivity contribution >= 4 is 35.1 Å². The highest BCUT2D eigenvalue weighted by molar-refractivity contribution is 6.55. The molecule has 0 aliphatic carbocycles. The third kappa shape index (κ3) is 36.0. The third-order valence-corrected chi connectivity index (χ3v) is 0.368. The Labute approximate surface area is 78.7 Å². The lowest BCUT2D eigenvalue weighted by Crippen LogP contribution is -1.91. The molecule has 68 valence electrons. The third-order valence-electron chi connectivity index (χ3n) is 0.368. The number of rotatable bonds is 2. The van der Waals surface area contributed by atoms with Gasteiger partial charge in [-0.05, 0) is 0 Å². The van der Waals surface area contributed by atoms with Crippen LogP contribution in [0.25, 0.3) is 0 Å². The fourth-order valence-corrected chi connectivity index (χ4v) is 0.143. The van der Waals surface area contributed by atoms with E-state index in [1.54, 1.807) is 0 Å². The highest BCUT2D eigenvalue weighted by Crippen LogP contribution is 1.98. The van der Waals surface area contributed by atoms with E-state index in [9.17, 15) is 9.59 Å². The van der Waals surface area contributed by atoms with Crippen LogP contribution in [-0.2, 0) is 9.59 Å². The minimum absolute atomic E-state index is 0.111. The summed E-state index contributed by atoms with van der Waals surface area (Å²) in [5, 5.41) is 15.6. The summed E-state index contributed by atoms with van der Waals surface area (Å²) in [4.78, 5) is 19.1. The van der Waals surface area contributed by atoms with Crippen molar-refractivity contribution in [1.29, 1.82) is 0 Å². The minimum Gasteiger partial charge on any atom is -0.478 e. The quantitative estimate of drug-likeness (QED) is 0.683. The highest BCUT2D eigenvalue weighted by Gasteiger charge is 1.88. The molecule has 0 saturated heterocycles. The van der Waals surface area contributed by atoms with Crippen LogP contribution in [0.1, 0.15) is 0 Å². The number of hydrogen-bond acceptors (Lipinski definition) is 2. The second-order valence-corrected chi connectivity index (χ2v) is 2.45. The van der Waals surface area contributed by atoms with Gasteiger partial charge in [0.25, 0.3) is 0 Å². The predicted octanol–water partition coefficient (Wildman–Crippen LogP) is 1.65. The summed E-state index contributed by atoms with van der Waals surface area (Å²) in [5.74, 6) is -2.51. The van der Waals surface area contributed by atoms with Gasteiger partial charge >= 0.3 is 11.9 Å². The summed E-state index contributed by atoms with van der Waals surface area (Å²) in [6, 6.07) is 0. The predicted molar refractivity (Wildman–Crippen MR) is 45.3 cm³/mol. The van der Waals surface area contributed by atoms with Gasteiger partial charge in [-0.2, -0.15) is 0 Å². The molecule has 0 aromatic rings. The van der Waals surface area contributed by atoms with Crippen LogP contribution in [0.15, 0.2) is 23.2 Å². The van der Waals surface area contributed by atoms with E-state index in [0.717, 1.165) is 0 Å². The molecular weight excluding hydrogens is 207 g/mol. The van der Waals surface area contributed by atoms with Gasteiger partial charge in [0, 0.05) is 12.2 Å². The zero-order chi connectivity index (χ0) is 10.1. The molecule has 0 aliphatic heterocycles. The Morgan fingerprint density at radius 2 is 1.25 bits per heavy atom. The molecule has 0 aromatic heterocycles. The first-order valence-electron chi connectivity index (χ1n) is 2.50. The van der Waals surface area contributed by atoms with Crippen molar-refractivity contribution in [2.24, 2.45) is 0 Å². The topological polar surface area (TPSA) is 74.6 Å². The molecule has 0 atom stereocenters. The second kappa shape index (κ2) is 8.10. The summed E-state index contributed by atoms with van der Waals surface area (Å²) < 4.78 is 0.111. The molecule has 0 saturated carbocycles. The van der Waals surface area contributed by atoms with Crippen LogP contribution in [-0.4, -0.2) is 22.2 Å². The zero-order valence-electron chi connectivity index (χ0n) is 5.83. The van der Waals surface area contributed by atoms with E-state index in [1.807, 2.05) is 0 Å². The molecule has 0 unspecified atom stereocenters. The van der Waals surface area contributed by atoms with Crippen molar-refractivity contribution in [2.45, 2.75) is 0 Å². The fourth-order valence-electron chi connectivity index (χ4n) is 0.143. The van der Waals surface area contributed by atoms with Gasteiger partial charge in [0.05, 0.1) is 4.49 Å². The lowest BCUT2D eigenvalue weighted by molar-refractivity contribution is -0.134. The van der Waals surface area contributed by atoms with Crippen LogP contribution in [0.4, 0.5) is 0 Å². The summed E-state index contributed by atoms with van der Waals surface area (Å²) >= 11 is 9.69. The molecule has 4 nitrogen and oxygen atoms in total. The molecule has 0 bridgehead atoms. The van der Waals surface area contributed by atoms with Crippen LogP contribution in [0.3, 0.4) is 0 Å². The van der Waals surface area contributed by atoms with E-state index >= 15 is 0 Å². The average Bonchev–Trinajstić information content (AvgIpc) is 1.82. The van der Waals surface area contributed by atoms with Gasteiger partial charge in [0.1, 0.15) is 0 Å². The zero-order valence-corrected chi connectivity index (χ0v) is 7.34. The molecule has 0 spiro atoms. The van der Waals surface area contributed by atoms with Crippen molar-refractivity contribution in [3.05, 3.63) is 23.2 Å². The summed E-state index contributed by atoms with van der Waals surface area (Å²) in [5.41, 5.74) is 0. The van der Waals surface area contributed by atoms with E-state index in [-0.39, 0.29) is 4.49 Å². The largest absolute Gasteiger partial charge is 0.478 e. The Balaban J connectivity index is 0. The Kier molecular flexibility index (Phi) is 9.17. The summed E-state index contributed by atoms with van der Waals surface area (Å²) in [7, 11) is 0. The first-order valence-corrected chi connectivity index (χ1v) is 3.25. The van der Waals surface area contributed by atoms with Crippen molar-refractivity contribution in [3.8, 4) is 0 Å². The van der Waals surface area contributed by atoms with Crippen molar-refractivity contribution in [3.63, 3.8) is 0 Å². The Morgan fingerprint density at radius 1 is 1.08 bits per heavy atom. The Hall–Kier alpha value is -1.00. The first kappa shape index (κ1) is 13.6. The summed E-state index contributed by atoms with van der Waals surface area (Å²) in [6.07, 6.45) is 1.12. The monoisotopic (exact) mass is 212 g/mol. The molecule has 6 heteroatoms. The van der Waals surface area contributed by atoms with Crippen LogP contribution in [0.5, 0.6) is 0 Å². The molecule has 0 heterocycles. The van der Waals surface area contributed by atoms with Gasteiger partial charge in [-0.3, -0.25) is 0 Å². The maximum atomic E-state index is 9.55. The molecule has 12 heavy (non-hydrogen) atoms. The number of aliphatic carboxylic acids is 2. The SMILES string of the molecule is C=C(Cl)Cl.O=C(O)C=CC(=O)O. The van der Waals surface area contributed by atoms with Gasteiger partial charge in [0.15, 0.2) is 0 Å². The number of hydrogen-bond donors (Lipinski definition) is 2. The standard InChI is InChI=1S/C4H4O4.C2H2Cl2/c5-3(6)1-2-4(7)8;1-2(3)4/h1-2H,(H,5,6)(H,7,8);1H2. The first-order chi connectivity index (χ1) is 5.36. The average molecular weight is 213 g/mol. The Bertz CT molecular complexity index is 190. The minimum atomic E-state index is -1.26. The van der Waals surface area contributed by atoms with E-state index in [1.165, 1.54) is 0 Å². The maximum Gasteiger partial charge on any atom is 0.328 e. The summed E-state index contributed by atoms with van der Waals surface area (Å²) in [6.45, 7) is 3.09. The molecule has 0 aliphatic rings. The van der Waals surface area contributed by atoms with Crippen molar-refractivity contribution in [1.82, 2.24) is 0 Å². The van der Waals surface area contributed by atoms with Crippen LogP contribution in [0, 0.1) is 0 Å². The van der Waals surface area contributed by atoms with Crippen molar-refractivity contribution in [2.75, 3.05) is 0 Å². The van der Waals surface area contributed by atoms with E-state index < -0.39 is 11.9 Å². The molecule has 2 N–H and O–H groups in total. The maximum absolute atomic E-state index is 9.55. The molecule has 0 radical (unpaired) electrons. The van der Waals surface area contributed by atoms with Gasteiger partial charge in [-0.1, -0.05) is 29.8 Å². The molecule has 0 aromatic carbocycles. The number of carboxylic acid groups (broad SMARTS) is 2. The normalized spacial score (nSPS) is 8.50. The van der Waals surface area contributed by atoms with Crippen molar-refractivity contribution < 1.29 is 19.8 Å². The van der Waals surface area contributed by atoms with Gasteiger partial charge in [-0.15, -0.1) is 0 Å². The van der Waals surface area contributed by atoms with E-state index in [2.05, 4.69) is 6.58 Å². The lowest BCUT2D eigenvalue weighted by atomic mass is 10.5.